The van der Waals surface area contributed by atoms with Crippen LogP contribution in [0.25, 0.3) is 0 Å². The number of hydrogen-bond donors (Lipinski definition) is 1. The lowest BCUT2D eigenvalue weighted by atomic mass is 10.3. The van der Waals surface area contributed by atoms with Crippen molar-refractivity contribution in [3.8, 4) is 6.07 Å². The van der Waals surface area contributed by atoms with Crippen LogP contribution in [0.4, 0.5) is 23.4 Å². The topological polar surface area (TPSA) is 84.8 Å². The predicted molar refractivity (Wildman–Crippen MR) is 51.8 cm³/mol. The van der Waals surface area contributed by atoms with E-state index >= 15 is 0 Å². The third-order valence-corrected chi connectivity index (χ3v) is 1.83. The van der Waals surface area contributed by atoms with Crippen LogP contribution in [0.3, 0.4) is 0 Å². The van der Waals surface area contributed by atoms with Crippen molar-refractivity contribution in [2.45, 2.75) is 19.0 Å². The Hall–Kier alpha value is -1.95. The Bertz CT molecular complexity index is 460. The first-order valence-corrected chi connectivity index (χ1v) is 4.62. The molecule has 9 heteroatoms. The normalized spacial score (nSPS) is 11.6. The highest BCUT2D eigenvalue weighted by Gasteiger charge is 2.40. The second kappa shape index (κ2) is 5.59. The smallest absolute Gasteiger partial charge is 0.330 e. The average Bonchev–Trinajstić information content (AvgIpc) is 2.29. The fourth-order valence-electron chi connectivity index (χ4n) is 0.930. The number of nitrogens with zero attached hydrogens (tertiary/aromatic N) is 3. The lowest BCUT2D eigenvalue weighted by Gasteiger charge is -2.14. The van der Waals surface area contributed by atoms with Crippen LogP contribution in [0, 0.1) is 11.3 Å². The molecule has 0 aromatic carbocycles. The zero-order chi connectivity index (χ0) is 13.8. The van der Waals surface area contributed by atoms with Crippen molar-refractivity contribution >= 4 is 5.82 Å². The summed E-state index contributed by atoms with van der Waals surface area (Å²) < 4.78 is 52.9. The molecule has 0 amide bonds. The van der Waals surface area contributed by atoms with Gasteiger partial charge in [-0.25, -0.2) is 18.7 Å². The predicted octanol–water partition coefficient (Wildman–Crippen LogP) is 1.35. The minimum Gasteiger partial charge on any atom is -0.382 e. The summed E-state index contributed by atoms with van der Waals surface area (Å²) in [5.41, 5.74) is 5.37. The average molecular weight is 264 g/mol. The Kier molecular flexibility index (Phi) is 4.38. The van der Waals surface area contributed by atoms with Crippen molar-refractivity contribution in [3.05, 3.63) is 17.6 Å². The van der Waals surface area contributed by atoms with Crippen molar-refractivity contribution in [3.63, 3.8) is 0 Å². The van der Waals surface area contributed by atoms with Crippen LogP contribution in [-0.2, 0) is 11.3 Å². The number of aromatic nitrogens is 2. The SMILES string of the molecule is N#Cc1cnc(COCC(F)(F)C(F)F)nc1N. The molecule has 0 atom stereocenters. The van der Waals surface area contributed by atoms with Gasteiger partial charge in [0.15, 0.2) is 5.82 Å². The molecule has 1 aromatic heterocycles. The first kappa shape index (κ1) is 14.1. The summed E-state index contributed by atoms with van der Waals surface area (Å²) in [6.45, 7) is -1.95. The molecule has 1 heterocycles. The van der Waals surface area contributed by atoms with Gasteiger partial charge in [0, 0.05) is 0 Å². The molecule has 98 valence electrons. The van der Waals surface area contributed by atoms with Crippen molar-refractivity contribution in [2.24, 2.45) is 0 Å². The summed E-state index contributed by atoms with van der Waals surface area (Å²) in [6, 6.07) is 1.71. The van der Waals surface area contributed by atoms with Crippen LogP contribution < -0.4 is 5.73 Å². The van der Waals surface area contributed by atoms with Gasteiger partial charge in [-0.2, -0.15) is 14.0 Å². The number of nitriles is 1. The maximum atomic E-state index is 12.5. The summed E-state index contributed by atoms with van der Waals surface area (Å²) >= 11 is 0. The van der Waals surface area contributed by atoms with Crippen LogP contribution in [0.15, 0.2) is 6.20 Å². The summed E-state index contributed by atoms with van der Waals surface area (Å²) in [4.78, 5) is 7.20. The number of alkyl halides is 4. The Morgan fingerprint density at radius 3 is 2.67 bits per heavy atom. The van der Waals surface area contributed by atoms with E-state index in [0.29, 0.717) is 0 Å². The summed E-state index contributed by atoms with van der Waals surface area (Å²) in [6.07, 6.45) is -2.71. The molecular weight excluding hydrogens is 256 g/mol. The third kappa shape index (κ3) is 3.53. The maximum absolute atomic E-state index is 12.5. The van der Waals surface area contributed by atoms with E-state index in [1.165, 1.54) is 0 Å². The van der Waals surface area contributed by atoms with Crippen LogP contribution in [0.1, 0.15) is 11.4 Å². The zero-order valence-electron chi connectivity index (χ0n) is 8.91. The minimum atomic E-state index is -4.22. The van der Waals surface area contributed by atoms with Crippen LogP contribution >= 0.6 is 0 Å². The summed E-state index contributed by atoms with van der Waals surface area (Å²) in [5, 5.41) is 8.53. The standard InChI is InChI=1S/C9H8F4N4O/c10-8(11)9(12,13)4-18-3-6-16-2-5(1-14)7(15)17-6/h2,8H,3-4H2,(H2,15,16,17). The molecule has 2 N–H and O–H groups in total. The van der Waals surface area contributed by atoms with Crippen molar-refractivity contribution in [1.82, 2.24) is 9.97 Å². The van der Waals surface area contributed by atoms with Crippen molar-refractivity contribution < 1.29 is 22.3 Å². The van der Waals surface area contributed by atoms with Gasteiger partial charge in [0.2, 0.25) is 0 Å². The monoisotopic (exact) mass is 264 g/mol. The minimum absolute atomic E-state index is 0.0247. The first-order chi connectivity index (χ1) is 8.36. The Labute approximate surface area is 99.2 Å². The van der Waals surface area contributed by atoms with E-state index in [-0.39, 0.29) is 17.2 Å². The van der Waals surface area contributed by atoms with E-state index in [1.807, 2.05) is 0 Å². The highest BCUT2D eigenvalue weighted by Crippen LogP contribution is 2.23. The molecule has 0 aliphatic rings. The number of ether oxygens (including phenoxy) is 1. The molecule has 0 radical (unpaired) electrons. The van der Waals surface area contributed by atoms with Gasteiger partial charge in [-0.05, 0) is 0 Å². The van der Waals surface area contributed by atoms with Gasteiger partial charge >= 0.3 is 12.3 Å². The van der Waals surface area contributed by atoms with E-state index in [0.717, 1.165) is 6.20 Å². The summed E-state index contributed by atoms with van der Waals surface area (Å²) in [5.74, 6) is -4.43. The number of hydrogen-bond acceptors (Lipinski definition) is 5. The fourth-order valence-corrected chi connectivity index (χ4v) is 0.930. The third-order valence-electron chi connectivity index (χ3n) is 1.83. The van der Waals surface area contributed by atoms with Gasteiger partial charge in [-0.1, -0.05) is 0 Å². The van der Waals surface area contributed by atoms with Gasteiger partial charge in [-0.3, -0.25) is 0 Å². The lowest BCUT2D eigenvalue weighted by molar-refractivity contribution is -0.168. The Balaban J connectivity index is 2.55. The van der Waals surface area contributed by atoms with Gasteiger partial charge in [0.25, 0.3) is 0 Å². The molecule has 0 aliphatic heterocycles. The molecule has 0 bridgehead atoms. The van der Waals surface area contributed by atoms with E-state index in [1.54, 1.807) is 6.07 Å². The van der Waals surface area contributed by atoms with Crippen LogP contribution in [0.5, 0.6) is 0 Å². The van der Waals surface area contributed by atoms with E-state index in [2.05, 4.69) is 14.7 Å². The largest absolute Gasteiger partial charge is 0.382 e. The number of anilines is 1. The molecule has 0 unspecified atom stereocenters. The number of nitrogen functional groups attached to an aromatic ring is 1. The highest BCUT2D eigenvalue weighted by molar-refractivity contribution is 5.46. The number of nitrogens with two attached hydrogens (primary N) is 1. The Morgan fingerprint density at radius 1 is 1.50 bits per heavy atom. The molecule has 5 nitrogen and oxygen atoms in total. The number of halogens is 4. The lowest BCUT2D eigenvalue weighted by Crippen LogP contribution is -2.32. The molecule has 1 aromatic rings. The van der Waals surface area contributed by atoms with Crippen molar-refractivity contribution in [1.29, 1.82) is 5.26 Å². The van der Waals surface area contributed by atoms with E-state index in [4.69, 9.17) is 11.0 Å². The molecule has 0 saturated heterocycles. The second-order valence-electron chi connectivity index (χ2n) is 3.25. The molecule has 18 heavy (non-hydrogen) atoms. The zero-order valence-corrected chi connectivity index (χ0v) is 8.91. The van der Waals surface area contributed by atoms with Gasteiger partial charge in [-0.15, -0.1) is 0 Å². The van der Waals surface area contributed by atoms with Gasteiger partial charge < -0.3 is 10.5 Å². The van der Waals surface area contributed by atoms with Gasteiger partial charge in [0.1, 0.15) is 30.7 Å². The highest BCUT2D eigenvalue weighted by atomic mass is 19.3. The number of rotatable bonds is 5. The molecular formula is C9H8F4N4O. The molecule has 0 spiro atoms. The quantitative estimate of drug-likeness (QED) is 0.811. The van der Waals surface area contributed by atoms with Crippen LogP contribution in [0.2, 0.25) is 0 Å². The summed E-state index contributed by atoms with van der Waals surface area (Å²) in [7, 11) is 0. The molecule has 0 aliphatic carbocycles. The van der Waals surface area contributed by atoms with Crippen LogP contribution in [-0.4, -0.2) is 28.9 Å². The van der Waals surface area contributed by atoms with Crippen molar-refractivity contribution in [2.75, 3.05) is 12.3 Å². The van der Waals surface area contributed by atoms with E-state index < -0.39 is 25.6 Å². The second-order valence-corrected chi connectivity index (χ2v) is 3.25. The van der Waals surface area contributed by atoms with E-state index in [9.17, 15) is 17.6 Å². The Morgan fingerprint density at radius 2 is 2.17 bits per heavy atom. The fraction of sp³-hybridized carbons (Fsp3) is 0.444. The maximum Gasteiger partial charge on any atom is 0.330 e. The first-order valence-electron chi connectivity index (χ1n) is 4.62. The van der Waals surface area contributed by atoms with Gasteiger partial charge in [0.05, 0.1) is 6.20 Å². The molecule has 1 rings (SSSR count). The molecule has 0 fully saturated rings. The molecule has 0 saturated carbocycles.